The lowest BCUT2D eigenvalue weighted by Crippen LogP contribution is -2.68. The van der Waals surface area contributed by atoms with Gasteiger partial charge < -0.3 is 23.7 Å². The van der Waals surface area contributed by atoms with Crippen LogP contribution in [-0.2, 0) is 28.5 Å². The first kappa shape index (κ1) is 36.3. The normalized spacial score (nSPS) is 31.8. The Balaban J connectivity index is 1.07. The summed E-state index contributed by atoms with van der Waals surface area (Å²) in [5.74, 6) is 0.233. The number of carbonyl (C=O) groups excluding carboxylic acids is 1. The van der Waals surface area contributed by atoms with E-state index in [-0.39, 0.29) is 17.2 Å². The molecule has 6 fully saturated rings. The molecule has 0 amide bonds. The average molecular weight is 645 g/mol. The molecule has 2 atom stereocenters. The highest BCUT2D eigenvalue weighted by molar-refractivity contribution is 5.87. The molecule has 2 saturated heterocycles. The van der Waals surface area contributed by atoms with Crippen molar-refractivity contribution in [2.75, 3.05) is 39.6 Å². The van der Waals surface area contributed by atoms with Gasteiger partial charge in [-0.3, -0.25) is 0 Å². The van der Waals surface area contributed by atoms with E-state index in [4.69, 9.17) is 23.7 Å². The Morgan fingerprint density at radius 2 is 1.04 bits per heavy atom. The van der Waals surface area contributed by atoms with Crippen LogP contribution in [0, 0.1) is 16.7 Å². The van der Waals surface area contributed by atoms with Crippen molar-refractivity contribution < 1.29 is 28.5 Å². The summed E-state index contributed by atoms with van der Waals surface area (Å²) in [5.41, 5.74) is 0.469. The van der Waals surface area contributed by atoms with Crippen molar-refractivity contribution in [3.05, 3.63) is 12.2 Å². The molecule has 2 heterocycles. The summed E-state index contributed by atoms with van der Waals surface area (Å²) >= 11 is 0. The van der Waals surface area contributed by atoms with Gasteiger partial charge in [-0.1, -0.05) is 84.6 Å². The van der Waals surface area contributed by atoms with Gasteiger partial charge in [0.05, 0.1) is 37.6 Å². The molecular formula is C40H68O6. The Kier molecular flexibility index (Phi) is 12.8. The van der Waals surface area contributed by atoms with E-state index in [1.54, 1.807) is 6.92 Å². The van der Waals surface area contributed by atoms with E-state index in [9.17, 15) is 4.79 Å². The third-order valence-corrected chi connectivity index (χ3v) is 12.3. The van der Waals surface area contributed by atoms with Crippen molar-refractivity contribution in [1.82, 2.24) is 0 Å². The van der Waals surface area contributed by atoms with E-state index in [2.05, 4.69) is 20.4 Å². The highest BCUT2D eigenvalue weighted by Crippen LogP contribution is 2.63. The summed E-state index contributed by atoms with van der Waals surface area (Å²) in [4.78, 5) is 12.8. The molecule has 6 rings (SSSR count). The predicted octanol–water partition coefficient (Wildman–Crippen LogP) is 9.67. The zero-order valence-electron chi connectivity index (χ0n) is 30.0. The van der Waals surface area contributed by atoms with Gasteiger partial charge in [-0.05, 0) is 70.6 Å². The van der Waals surface area contributed by atoms with Crippen LogP contribution < -0.4 is 0 Å². The van der Waals surface area contributed by atoms with Crippen molar-refractivity contribution in [2.24, 2.45) is 16.7 Å². The average Bonchev–Trinajstić information content (AvgIpc) is 2.96. The largest absolute Gasteiger partial charge is 0.455 e. The van der Waals surface area contributed by atoms with E-state index >= 15 is 0 Å². The molecule has 4 aliphatic carbocycles. The molecule has 0 N–H and O–H groups in total. The van der Waals surface area contributed by atoms with Crippen molar-refractivity contribution in [1.29, 1.82) is 0 Å². The minimum absolute atomic E-state index is 0.236. The Labute approximate surface area is 281 Å². The first-order valence-electron chi connectivity index (χ1n) is 19.5. The second kappa shape index (κ2) is 16.2. The molecule has 0 radical (unpaired) electrons. The maximum Gasteiger partial charge on any atom is 0.333 e. The zero-order chi connectivity index (χ0) is 32.6. The Bertz CT molecular complexity index is 926. The highest BCUT2D eigenvalue weighted by Gasteiger charge is 2.66. The number of esters is 1. The van der Waals surface area contributed by atoms with Gasteiger partial charge in [0.25, 0.3) is 0 Å². The van der Waals surface area contributed by atoms with E-state index < -0.39 is 5.60 Å². The third kappa shape index (κ3) is 9.18. The molecule has 2 unspecified atom stereocenters. The van der Waals surface area contributed by atoms with Gasteiger partial charge in [0.2, 0.25) is 0 Å². The van der Waals surface area contributed by atoms with Gasteiger partial charge in [0.15, 0.2) is 0 Å². The minimum atomic E-state index is -0.481. The maximum absolute atomic E-state index is 12.8. The summed E-state index contributed by atoms with van der Waals surface area (Å²) in [6.07, 6.45) is 25.9. The van der Waals surface area contributed by atoms with Gasteiger partial charge in [-0.2, -0.15) is 0 Å². The first-order valence-corrected chi connectivity index (χ1v) is 19.5. The SMILES string of the molecule is C=C(C)C(=O)OC12CC3CC(OCCCCCCC4(CCCC)COC4)(CC(OCCCCCCC4(CCCC)COC4)(C3)C1)C2. The smallest absolute Gasteiger partial charge is 0.333 e. The van der Waals surface area contributed by atoms with Crippen molar-refractivity contribution in [2.45, 2.75) is 179 Å². The number of hydrogen-bond donors (Lipinski definition) is 0. The highest BCUT2D eigenvalue weighted by atomic mass is 16.6. The molecule has 264 valence electrons. The second-order valence-corrected chi connectivity index (χ2v) is 16.9. The molecule has 0 spiro atoms. The molecule has 0 aromatic heterocycles. The minimum Gasteiger partial charge on any atom is -0.455 e. The molecule has 2 aliphatic heterocycles. The van der Waals surface area contributed by atoms with Gasteiger partial charge >= 0.3 is 5.97 Å². The standard InChI is InChI=1S/C40H68O6/c1-5-7-17-36(29-42-30-36)19-13-9-11-15-21-44-38-23-34-24-39(26-38,28-40(25-34,27-38)46-35(41)33(3)4)45-22-16-12-10-14-20-37(18-8-6-2)31-43-32-37/h34H,3,5-32H2,1-2,4H3. The van der Waals surface area contributed by atoms with Crippen LogP contribution in [0.2, 0.25) is 0 Å². The maximum atomic E-state index is 12.8. The number of rotatable bonds is 24. The quantitative estimate of drug-likeness (QED) is 0.0592. The molecule has 4 saturated carbocycles. The fourth-order valence-corrected chi connectivity index (χ4v) is 10.1. The fraction of sp³-hybridized carbons (Fsp3) is 0.925. The zero-order valence-corrected chi connectivity index (χ0v) is 30.0. The van der Waals surface area contributed by atoms with E-state index in [1.807, 2.05) is 0 Å². The lowest BCUT2D eigenvalue weighted by atomic mass is 9.50. The summed E-state index contributed by atoms with van der Waals surface area (Å²) in [6, 6.07) is 0. The van der Waals surface area contributed by atoms with Gasteiger partial charge in [0.1, 0.15) is 5.60 Å². The van der Waals surface area contributed by atoms with Crippen LogP contribution in [0.1, 0.15) is 162 Å². The number of ether oxygens (including phenoxy) is 5. The van der Waals surface area contributed by atoms with Crippen LogP contribution in [0.3, 0.4) is 0 Å². The third-order valence-electron chi connectivity index (χ3n) is 12.3. The lowest BCUT2D eigenvalue weighted by molar-refractivity contribution is -0.283. The fourth-order valence-electron chi connectivity index (χ4n) is 10.1. The summed E-state index contributed by atoms with van der Waals surface area (Å²) in [6.45, 7) is 15.7. The van der Waals surface area contributed by atoms with Gasteiger partial charge in [-0.15, -0.1) is 0 Å². The summed E-state index contributed by atoms with van der Waals surface area (Å²) < 4.78 is 31.3. The molecular weight excluding hydrogens is 576 g/mol. The Morgan fingerprint density at radius 3 is 1.46 bits per heavy atom. The van der Waals surface area contributed by atoms with Crippen LogP contribution in [0.15, 0.2) is 12.2 Å². The van der Waals surface area contributed by atoms with Crippen LogP contribution >= 0.6 is 0 Å². The molecule has 0 aromatic rings. The van der Waals surface area contributed by atoms with E-state index in [1.165, 1.54) is 89.9 Å². The van der Waals surface area contributed by atoms with Crippen LogP contribution in [0.5, 0.6) is 0 Å². The van der Waals surface area contributed by atoms with Crippen molar-refractivity contribution >= 4 is 5.97 Å². The molecule has 6 nitrogen and oxygen atoms in total. The lowest BCUT2D eigenvalue weighted by Gasteiger charge is -2.64. The topological polar surface area (TPSA) is 63.2 Å². The summed E-state index contributed by atoms with van der Waals surface area (Å²) in [5, 5.41) is 0. The van der Waals surface area contributed by atoms with Crippen molar-refractivity contribution in [3.8, 4) is 0 Å². The monoisotopic (exact) mass is 645 g/mol. The van der Waals surface area contributed by atoms with Crippen LogP contribution in [0.25, 0.3) is 0 Å². The predicted molar refractivity (Wildman–Crippen MR) is 184 cm³/mol. The number of unbranched alkanes of at least 4 members (excludes halogenated alkanes) is 8. The van der Waals surface area contributed by atoms with Gasteiger partial charge in [0, 0.05) is 48.9 Å². The number of hydrogen-bond acceptors (Lipinski definition) is 6. The second-order valence-electron chi connectivity index (χ2n) is 16.9. The Hall–Kier alpha value is -0.950. The van der Waals surface area contributed by atoms with E-state index in [0.717, 1.165) is 91.0 Å². The molecule has 6 aliphatic rings. The number of carbonyl (C=O) groups is 1. The first-order chi connectivity index (χ1) is 22.2. The van der Waals surface area contributed by atoms with Gasteiger partial charge in [-0.25, -0.2) is 4.79 Å². The molecule has 0 aromatic carbocycles. The Morgan fingerprint density at radius 1 is 0.630 bits per heavy atom. The molecule has 46 heavy (non-hydrogen) atoms. The van der Waals surface area contributed by atoms with Crippen molar-refractivity contribution in [3.63, 3.8) is 0 Å². The molecule has 4 bridgehead atoms. The molecule has 6 heteroatoms. The van der Waals surface area contributed by atoms with E-state index in [0.29, 0.717) is 22.3 Å². The van der Waals surface area contributed by atoms with Crippen LogP contribution in [0.4, 0.5) is 0 Å². The van der Waals surface area contributed by atoms with Crippen LogP contribution in [-0.4, -0.2) is 62.4 Å². The summed E-state index contributed by atoms with van der Waals surface area (Å²) in [7, 11) is 0.